The summed E-state index contributed by atoms with van der Waals surface area (Å²) in [6.45, 7) is 17.0. The summed E-state index contributed by atoms with van der Waals surface area (Å²) in [5.41, 5.74) is 13.2. The van der Waals surface area contributed by atoms with Crippen LogP contribution in [0.2, 0.25) is 10.0 Å². The van der Waals surface area contributed by atoms with Gasteiger partial charge in [-0.05, 0) is 204 Å². The molecular formula is C108H96Cl2F2N20O10. The number of aromatic nitrogens is 10. The Morgan fingerprint density at radius 2 is 0.754 bits per heavy atom. The second-order valence-electron chi connectivity index (χ2n) is 37.6. The first kappa shape index (κ1) is 89.5. The smallest absolute Gasteiger partial charge is 0.345 e. The van der Waals surface area contributed by atoms with Crippen molar-refractivity contribution in [3.63, 3.8) is 0 Å². The number of nitrogens with one attached hydrogen (secondary N) is 4. The number of benzene rings is 5. The summed E-state index contributed by atoms with van der Waals surface area (Å²) >= 11 is 12.4. The van der Waals surface area contributed by atoms with Gasteiger partial charge in [-0.3, -0.25) is 4.90 Å². The summed E-state index contributed by atoms with van der Waals surface area (Å²) in [5.74, 6) is -0.866. The Bertz CT molecular complexity index is 8600. The van der Waals surface area contributed by atoms with E-state index < -0.39 is 34.1 Å². The van der Waals surface area contributed by atoms with Gasteiger partial charge >= 0.3 is 28.1 Å². The lowest BCUT2D eigenvalue weighted by atomic mass is 9.92. The van der Waals surface area contributed by atoms with Crippen molar-refractivity contribution in [2.75, 3.05) is 123 Å². The number of fused-ring (bicyclic) bond motifs is 16. The molecule has 6 atom stereocenters. The Balaban J connectivity index is 0.0000000959. The van der Waals surface area contributed by atoms with Crippen LogP contribution in [0.25, 0.3) is 139 Å². The van der Waals surface area contributed by atoms with Crippen LogP contribution in [-0.4, -0.2) is 186 Å². The van der Waals surface area contributed by atoms with Crippen molar-refractivity contribution in [2.24, 2.45) is 0 Å². The van der Waals surface area contributed by atoms with E-state index in [-0.39, 0.29) is 16.9 Å². The van der Waals surface area contributed by atoms with Crippen molar-refractivity contribution in [3.05, 3.63) is 324 Å². The van der Waals surface area contributed by atoms with Crippen molar-refractivity contribution in [3.8, 4) is 56.3 Å². The Kier molecular flexibility index (Phi) is 23.6. The molecule has 30 nitrogen and oxygen atoms in total. The van der Waals surface area contributed by atoms with Crippen LogP contribution >= 0.6 is 23.2 Å². The molecule has 0 saturated carbocycles. The predicted molar refractivity (Wildman–Crippen MR) is 549 cm³/mol. The molecule has 0 amide bonds. The van der Waals surface area contributed by atoms with Crippen molar-refractivity contribution >= 4 is 135 Å². The molecular weight excluding hydrogens is 1850 g/mol. The van der Waals surface area contributed by atoms with E-state index in [1.165, 1.54) is 57.2 Å². The highest BCUT2D eigenvalue weighted by atomic mass is 35.5. The molecule has 9 fully saturated rings. The molecule has 34 heteroatoms. The SMILES string of the molecule is C[C@H]1CN(c2ccc3cc(-c4cn5cccc(F)c5n4)c(=O)oc3c2)CCN1.O=c1oc2cc(N3CC4CCC(C3)N4)ccc2cc1-c1cn2cccc(Cl)c2n1.O=c1oc2cc(N3CC4CCC3CN4)ccc2cc1-c1cn2cccc(Cl)c2n1.O=c1oc2cc(N3CCN4CCC[C@H]4C3)ccc2cc1-c1cn2cccc(F)c2n1.O=c1oc2cc(N3CCNCC3)ccc2cc1-c1cn2ccccc2n1. The van der Waals surface area contributed by atoms with Gasteiger partial charge in [-0.2, -0.15) is 0 Å². The van der Waals surface area contributed by atoms with E-state index in [0.717, 1.165) is 153 Å². The molecule has 142 heavy (non-hydrogen) atoms. The highest BCUT2D eigenvalue weighted by molar-refractivity contribution is 6.34. The van der Waals surface area contributed by atoms with E-state index >= 15 is 0 Å². The maximum Gasteiger partial charge on any atom is 0.345 e. The molecule has 15 aromatic heterocycles. The summed E-state index contributed by atoms with van der Waals surface area (Å²) in [4.78, 5) is 99.8. The molecule has 0 spiro atoms. The molecule has 20 aromatic rings. The van der Waals surface area contributed by atoms with Gasteiger partial charge in [0.05, 0.1) is 66.3 Å². The number of piperidine rings is 2. The Labute approximate surface area is 818 Å². The fourth-order valence-electron chi connectivity index (χ4n) is 21.2. The van der Waals surface area contributed by atoms with Crippen LogP contribution in [0.3, 0.4) is 0 Å². The van der Waals surface area contributed by atoms with Gasteiger partial charge in [0.15, 0.2) is 34.2 Å². The maximum absolute atomic E-state index is 14.0. The zero-order valence-electron chi connectivity index (χ0n) is 77.2. The van der Waals surface area contributed by atoms with Crippen LogP contribution in [0.4, 0.5) is 37.2 Å². The van der Waals surface area contributed by atoms with Crippen LogP contribution in [0.1, 0.15) is 45.4 Å². The number of nitrogens with zero attached hydrogens (tertiary/aromatic N) is 16. The van der Waals surface area contributed by atoms with Crippen LogP contribution in [-0.2, 0) is 0 Å². The van der Waals surface area contributed by atoms with E-state index in [0.29, 0.717) is 142 Å². The summed E-state index contributed by atoms with van der Waals surface area (Å²) in [5, 5.41) is 19.3. The Morgan fingerprint density at radius 3 is 1.20 bits per heavy atom. The van der Waals surface area contributed by atoms with Gasteiger partial charge in [0.1, 0.15) is 33.6 Å². The monoisotopic (exact) mass is 1940 g/mol. The average molecular weight is 1940 g/mol. The van der Waals surface area contributed by atoms with Gasteiger partial charge in [-0.1, -0.05) is 29.3 Å². The van der Waals surface area contributed by atoms with Gasteiger partial charge in [0, 0.05) is 276 Å². The number of halogens is 4. The number of imidazole rings is 5. The zero-order valence-corrected chi connectivity index (χ0v) is 78.7. The van der Waals surface area contributed by atoms with E-state index in [1.807, 2.05) is 153 Å². The van der Waals surface area contributed by atoms with Crippen molar-refractivity contribution in [2.45, 2.75) is 81.7 Å². The predicted octanol–water partition coefficient (Wildman–Crippen LogP) is 16.5. The van der Waals surface area contributed by atoms with Crippen LogP contribution in [0.5, 0.6) is 0 Å². The fraction of sp³-hybridized carbons (Fsp3) is 0.259. The van der Waals surface area contributed by atoms with Crippen LogP contribution < -0.4 is 73.9 Å². The molecule has 5 aromatic carbocycles. The largest absolute Gasteiger partial charge is 0.422 e. The minimum atomic E-state index is -0.484. The Morgan fingerprint density at radius 1 is 0.345 bits per heavy atom. The summed E-state index contributed by atoms with van der Waals surface area (Å²) in [7, 11) is 0. The average Bonchev–Trinajstić information content (AvgIpc) is 1.52. The first-order valence-corrected chi connectivity index (χ1v) is 48.9. The zero-order chi connectivity index (χ0) is 96.1. The highest BCUT2D eigenvalue weighted by Crippen LogP contribution is 2.38. The van der Waals surface area contributed by atoms with Gasteiger partial charge < -0.3 is 89.9 Å². The number of hydrogen-bond donors (Lipinski definition) is 4. The number of hydrogen-bond acceptors (Lipinski definition) is 25. The van der Waals surface area contributed by atoms with Gasteiger partial charge in [-0.25, -0.2) is 57.7 Å². The molecule has 9 aliphatic rings. The van der Waals surface area contributed by atoms with Gasteiger partial charge in [0.25, 0.3) is 0 Å². The molecule has 4 bridgehead atoms. The molecule has 716 valence electrons. The quantitative estimate of drug-likeness (QED) is 0.0925. The first-order chi connectivity index (χ1) is 69.3. The standard InChI is InChI=1S/C23H21FN4O2.2C22H19ClN4O2.C21H19FN4O2.C20H18N4O2/c24-19-4-2-8-28-14-20(25-22(19)28)18-11-15-5-6-16(12-21(15)30-23(18)29)27-10-9-26-7-1-3-17(26)13-27;23-18-2-1-7-26-12-19(25-21(18)26)17-8-13-3-6-16(9-20(13)29-22(17)28)27-10-14-4-5-15(11-27)24-14;23-18-2-1-7-26-12-19(25-21(18)26)17-8-13-3-5-15(9-20(13)29-22(17)28)27-11-14-4-6-16(27)10-24-14;1-13-11-25(8-6-23-13)15-5-4-14-9-16(21(27)28-19(14)10-15)18-12-26-7-2-3-17(22)20(26)24-18;25-20-16(17-13-24-8-2-1-3-19(24)22-17)11-14-4-5-15(12-18(14)26-20)23-9-6-21-7-10-23/h2,4-6,8,11-12,14,17H,1,3,7,9-10,13H2;1-3,6-9,12,14-15,24H,4-5,10-11H2;1-3,5,7-9,12,14,16,24H,4,6,10-11H2;2-5,7,9-10,12-13,23H,6,8,11H2,1H3;1-5,8,11-13,21H,6-7,9-10H2/t17-;;;13-;/m0..0./s1. The van der Waals surface area contributed by atoms with Crippen molar-refractivity contribution in [1.29, 1.82) is 0 Å². The van der Waals surface area contributed by atoms with E-state index in [1.54, 1.807) is 82.4 Å². The molecule has 24 heterocycles. The second kappa shape index (κ2) is 37.5. The third-order valence-electron chi connectivity index (χ3n) is 28.5. The number of rotatable bonds is 10. The summed E-state index contributed by atoms with van der Waals surface area (Å²) < 4.78 is 64.8. The van der Waals surface area contributed by atoms with E-state index in [4.69, 9.17) is 45.3 Å². The molecule has 4 unspecified atom stereocenters. The number of piperazine rings is 5. The van der Waals surface area contributed by atoms with Crippen molar-refractivity contribution < 1.29 is 30.9 Å². The third-order valence-corrected chi connectivity index (χ3v) is 29.1. The highest BCUT2D eigenvalue weighted by Gasteiger charge is 2.36. The van der Waals surface area contributed by atoms with Crippen molar-refractivity contribution in [1.82, 2.24) is 73.1 Å². The van der Waals surface area contributed by atoms with E-state index in [2.05, 4.69) is 107 Å². The first-order valence-electron chi connectivity index (χ1n) is 48.1. The normalized spacial score (nSPS) is 19.1. The van der Waals surface area contributed by atoms with Crippen LogP contribution in [0, 0.1) is 11.6 Å². The summed E-state index contributed by atoms with van der Waals surface area (Å²) in [6.07, 6.45) is 25.2. The van der Waals surface area contributed by atoms with Crippen LogP contribution in [0.15, 0.2) is 296 Å². The third kappa shape index (κ3) is 17.7. The fourth-order valence-corrected chi connectivity index (χ4v) is 21.6. The second-order valence-corrected chi connectivity index (χ2v) is 38.5. The number of anilines is 5. The molecule has 0 aliphatic carbocycles. The van der Waals surface area contributed by atoms with E-state index in [9.17, 15) is 32.8 Å². The minimum Gasteiger partial charge on any atom is -0.422 e. The lowest BCUT2D eigenvalue weighted by molar-refractivity contribution is 0.231. The molecule has 9 saturated heterocycles. The summed E-state index contributed by atoms with van der Waals surface area (Å²) in [6, 6.07) is 61.4. The Hall–Kier alpha value is -15.2. The number of pyridine rings is 5. The lowest BCUT2D eigenvalue weighted by Gasteiger charge is -2.47. The molecule has 29 rings (SSSR count). The van der Waals surface area contributed by atoms with Gasteiger partial charge in [0.2, 0.25) is 0 Å². The lowest BCUT2D eigenvalue weighted by Crippen LogP contribution is -2.61. The topological polar surface area (TPSA) is 305 Å². The molecule has 4 N–H and O–H groups in total. The molecule has 0 radical (unpaired) electrons. The van der Waals surface area contributed by atoms with Gasteiger partial charge in [-0.15, -0.1) is 0 Å². The molecule has 9 aliphatic heterocycles. The minimum absolute atomic E-state index is 0.181. The maximum atomic E-state index is 14.0.